The monoisotopic (exact) mass is 863 g/mol. The van der Waals surface area contributed by atoms with E-state index in [0.29, 0.717) is 11.1 Å². The maximum Gasteiger partial charge on any atom is 0.0359 e. The van der Waals surface area contributed by atoms with Crippen LogP contribution in [0, 0.1) is 24.4 Å². The molecule has 1 atom stereocenters. The third kappa shape index (κ3) is 8.91. The van der Waals surface area contributed by atoms with Crippen LogP contribution in [-0.4, -0.2) is 9.97 Å². The zero-order valence-electron chi connectivity index (χ0n) is 39.2. The number of benzene rings is 5. The number of hydrogen-bond acceptors (Lipinski definition) is 2. The number of aryl methyl sites for hydroxylation is 1. The molecule has 1 aliphatic carbocycles. The summed E-state index contributed by atoms with van der Waals surface area (Å²) in [6, 6.07) is 48.8. The van der Waals surface area contributed by atoms with Gasteiger partial charge >= 0.3 is 0 Å². The van der Waals surface area contributed by atoms with Crippen molar-refractivity contribution in [1.29, 1.82) is 0 Å². The van der Waals surface area contributed by atoms with Crippen molar-refractivity contribution in [3.63, 3.8) is 0 Å². The molecule has 0 N–H and O–H groups in total. The molecule has 2 heterocycles. The summed E-state index contributed by atoms with van der Waals surface area (Å²) in [4.78, 5) is 8.72. The molecule has 0 saturated carbocycles. The van der Waals surface area contributed by atoms with Crippen LogP contribution >= 0.6 is 0 Å². The number of hydrogen-bond donors (Lipinski definition) is 0. The van der Waals surface area contributed by atoms with Crippen LogP contribution in [0.5, 0.6) is 0 Å². The standard InChI is InChI=1S/C27H22N.C22H22N.Ir/c1-19-18-28-27(23-10-6-3-7-11-23)26-17-24(16-25(19)26)22-14-12-21(13-15-22)20-8-4-2-5-9-20;1-22(2,3)16-17-12-13-23-21(14-17)20-11-7-10-19(15-20)18-8-5-4-6-9-18;/h2-10,12-15,18,24H,16-17H2,1H3;4-10,12-15H,16H2,1-3H3;/q2*-1;/i1D3,16D2,17D2,24D;16D2;. The molecule has 0 bridgehead atoms. The number of pyridine rings is 2. The SMILES string of the molecule is [2H]C([2H])([2H])c1cnc(-c2[c-]cccc2)c2c1C([2H])([2H])C([2H])(c1ccc(-c3ccccc3)cc1)C2([2H])[2H].[2H]C([2H])(c1ccnc(-c2[c-]ccc(-c3ccccc3)c2)c1)C(C)(C)C.[Ir]. The van der Waals surface area contributed by atoms with Crippen LogP contribution in [0.3, 0.4) is 0 Å². The van der Waals surface area contributed by atoms with Crippen molar-refractivity contribution in [3.8, 4) is 44.8 Å². The summed E-state index contributed by atoms with van der Waals surface area (Å²) in [7, 11) is 0. The van der Waals surface area contributed by atoms with Crippen LogP contribution < -0.4 is 0 Å². The van der Waals surface area contributed by atoms with Crippen LogP contribution in [0.2, 0.25) is 0 Å². The molecule has 52 heavy (non-hydrogen) atoms. The van der Waals surface area contributed by atoms with Crippen LogP contribution in [0.1, 0.15) is 68.2 Å². The Bertz CT molecular complexity index is 2650. The first-order valence-corrected chi connectivity index (χ1v) is 16.9. The molecule has 5 aromatic carbocycles. The maximum atomic E-state index is 9.38. The summed E-state index contributed by atoms with van der Waals surface area (Å²) >= 11 is 0. The van der Waals surface area contributed by atoms with E-state index in [4.69, 9.17) is 12.3 Å². The van der Waals surface area contributed by atoms with E-state index in [1.165, 1.54) is 0 Å². The Balaban J connectivity index is 0.000000217. The van der Waals surface area contributed by atoms with Crippen molar-refractivity contribution in [1.82, 2.24) is 9.97 Å². The van der Waals surface area contributed by atoms with Gasteiger partial charge in [0.2, 0.25) is 0 Å². The number of nitrogens with zero attached hydrogens (tertiary/aromatic N) is 2. The van der Waals surface area contributed by atoms with Crippen LogP contribution in [0.4, 0.5) is 0 Å². The van der Waals surface area contributed by atoms with Gasteiger partial charge in [-0.1, -0.05) is 123 Å². The fraction of sp³-hybridized carbons (Fsp3) is 0.184. The molecular formula is C49H44IrN2-2. The molecule has 0 spiro atoms. The zero-order valence-corrected chi connectivity index (χ0v) is 31.6. The average Bonchev–Trinajstić information content (AvgIpc) is 3.38. The van der Waals surface area contributed by atoms with Gasteiger partial charge in [-0.3, -0.25) is 0 Å². The van der Waals surface area contributed by atoms with Gasteiger partial charge in [0.25, 0.3) is 0 Å². The molecule has 8 rings (SSSR count). The van der Waals surface area contributed by atoms with Crippen LogP contribution in [-0.2, 0) is 39.2 Å². The molecule has 0 fully saturated rings. The smallest absolute Gasteiger partial charge is 0.0359 e. The van der Waals surface area contributed by atoms with Gasteiger partial charge < -0.3 is 9.97 Å². The number of aromatic nitrogens is 2. The van der Waals surface area contributed by atoms with Gasteiger partial charge in [0.15, 0.2) is 0 Å². The molecule has 0 aliphatic heterocycles. The fourth-order valence-electron chi connectivity index (χ4n) is 5.91. The largest absolute Gasteiger partial charge is 0.305 e. The van der Waals surface area contributed by atoms with E-state index < -0.39 is 37.3 Å². The van der Waals surface area contributed by atoms with Gasteiger partial charge in [0.05, 0.1) is 0 Å². The Morgan fingerprint density at radius 2 is 1.37 bits per heavy atom. The van der Waals surface area contributed by atoms with Gasteiger partial charge in [0, 0.05) is 46.2 Å². The van der Waals surface area contributed by atoms with Gasteiger partial charge in [-0.25, -0.2) is 0 Å². The van der Waals surface area contributed by atoms with E-state index in [2.05, 4.69) is 34.2 Å². The van der Waals surface area contributed by atoms with Gasteiger partial charge in [-0.15, -0.1) is 71.3 Å². The molecule has 2 aromatic heterocycles. The normalized spacial score (nSPS) is 20.1. The summed E-state index contributed by atoms with van der Waals surface area (Å²) in [5.74, 6) is -2.48. The van der Waals surface area contributed by atoms with Crippen LogP contribution in [0.15, 0.2) is 152 Å². The van der Waals surface area contributed by atoms with Crippen molar-refractivity contribution >= 4 is 0 Å². The Labute approximate surface area is 337 Å². The molecule has 1 unspecified atom stereocenters. The van der Waals surface area contributed by atoms with E-state index in [0.717, 1.165) is 39.7 Å². The second-order valence-electron chi connectivity index (χ2n) is 13.3. The van der Waals surface area contributed by atoms with Crippen molar-refractivity contribution < 1.29 is 33.8 Å². The van der Waals surface area contributed by atoms with Crippen molar-refractivity contribution in [2.45, 2.75) is 52.6 Å². The average molecular weight is 863 g/mol. The molecule has 2 nitrogen and oxygen atoms in total. The Kier molecular flexibility index (Phi) is 8.27. The number of fused-ring (bicyclic) bond motifs is 1. The van der Waals surface area contributed by atoms with E-state index in [-0.39, 0.29) is 48.1 Å². The van der Waals surface area contributed by atoms with E-state index >= 15 is 0 Å². The molecule has 7 aromatic rings. The maximum absolute atomic E-state index is 9.38. The van der Waals surface area contributed by atoms with Crippen molar-refractivity contribution in [2.75, 3.05) is 0 Å². The molecule has 0 saturated heterocycles. The third-order valence-corrected chi connectivity index (χ3v) is 8.29. The first-order chi connectivity index (χ1) is 28.7. The minimum absolute atomic E-state index is 0. The minimum Gasteiger partial charge on any atom is -0.305 e. The molecule has 0 amide bonds. The third-order valence-electron chi connectivity index (χ3n) is 8.29. The van der Waals surface area contributed by atoms with Crippen LogP contribution in [0.25, 0.3) is 44.8 Å². The Hall–Kier alpha value is -4.95. The van der Waals surface area contributed by atoms with Gasteiger partial charge in [-0.2, -0.15) is 0 Å². The summed E-state index contributed by atoms with van der Waals surface area (Å²) in [6.07, 6.45) is -3.98. The second kappa shape index (κ2) is 16.6. The summed E-state index contributed by atoms with van der Waals surface area (Å²) < 4.78 is 86.8. The quantitative estimate of drug-likeness (QED) is 0.156. The fourth-order valence-corrected chi connectivity index (χ4v) is 5.91. The minimum atomic E-state index is -2.75. The second-order valence-corrected chi connectivity index (χ2v) is 13.3. The van der Waals surface area contributed by atoms with Crippen molar-refractivity contribution in [3.05, 3.63) is 192 Å². The summed E-state index contributed by atoms with van der Waals surface area (Å²) in [6.45, 7) is 2.99. The molecule has 1 aliphatic rings. The summed E-state index contributed by atoms with van der Waals surface area (Å²) in [5.41, 5.74) is 5.40. The van der Waals surface area contributed by atoms with E-state index in [1.807, 2.05) is 93.6 Å². The zero-order chi connectivity index (χ0) is 44.0. The first kappa shape index (κ1) is 25.9. The predicted octanol–water partition coefficient (Wildman–Crippen LogP) is 12.2. The van der Waals surface area contributed by atoms with Crippen molar-refractivity contribution in [2.24, 2.45) is 5.41 Å². The summed E-state index contributed by atoms with van der Waals surface area (Å²) in [5, 5.41) is 0. The first-order valence-electron chi connectivity index (χ1n) is 21.9. The Morgan fingerprint density at radius 3 is 2.04 bits per heavy atom. The predicted molar refractivity (Wildman–Crippen MR) is 212 cm³/mol. The Morgan fingerprint density at radius 1 is 0.712 bits per heavy atom. The molecule has 1 radical (unpaired) electrons. The molecule has 3 heteroatoms. The number of rotatable bonds is 6. The topological polar surface area (TPSA) is 25.8 Å². The molecular weight excluding hydrogens is 809 g/mol. The van der Waals surface area contributed by atoms with Gasteiger partial charge in [0.1, 0.15) is 0 Å². The molecule has 261 valence electrons. The van der Waals surface area contributed by atoms with E-state index in [1.54, 1.807) is 60.8 Å². The van der Waals surface area contributed by atoms with Gasteiger partial charge in [-0.05, 0) is 88.1 Å². The van der Waals surface area contributed by atoms with E-state index in [9.17, 15) is 1.37 Å².